The third-order valence-electron chi connectivity index (χ3n) is 5.68. The van der Waals surface area contributed by atoms with Crippen molar-refractivity contribution < 1.29 is 14.4 Å². The van der Waals surface area contributed by atoms with Gasteiger partial charge in [-0.05, 0) is 72.7 Å². The smallest absolute Gasteiger partial charge is 0.272 e. The van der Waals surface area contributed by atoms with E-state index in [4.69, 9.17) is 23.2 Å². The Morgan fingerprint density at radius 3 is 2.25 bits per heavy atom. The fourth-order valence-corrected chi connectivity index (χ4v) is 4.68. The molecule has 0 radical (unpaired) electrons. The molecule has 0 aliphatic heterocycles. The molecule has 0 aliphatic rings. The normalized spacial score (nSPS) is 11.0. The van der Waals surface area contributed by atoms with Gasteiger partial charge in [0.25, 0.3) is 11.8 Å². The van der Waals surface area contributed by atoms with Crippen LogP contribution in [0.5, 0.6) is 0 Å². The van der Waals surface area contributed by atoms with Gasteiger partial charge in [0.1, 0.15) is 5.70 Å². The molecule has 0 unspecified atom stereocenters. The van der Waals surface area contributed by atoms with Gasteiger partial charge in [-0.1, -0.05) is 71.7 Å². The van der Waals surface area contributed by atoms with Crippen LogP contribution < -0.4 is 16.0 Å². The van der Waals surface area contributed by atoms with Crippen molar-refractivity contribution in [2.45, 2.75) is 11.8 Å². The second-order valence-electron chi connectivity index (χ2n) is 8.68. The van der Waals surface area contributed by atoms with Gasteiger partial charge in [0.05, 0.1) is 15.8 Å². The van der Waals surface area contributed by atoms with Crippen LogP contribution in [0, 0.1) is 6.92 Å². The number of carbonyl (C=O) groups is 3. The molecule has 0 atom stereocenters. The first kappa shape index (κ1) is 29.0. The number of halogens is 2. The van der Waals surface area contributed by atoms with Gasteiger partial charge in [0.2, 0.25) is 5.91 Å². The second kappa shape index (κ2) is 13.8. The van der Waals surface area contributed by atoms with E-state index in [0.29, 0.717) is 27.0 Å². The van der Waals surface area contributed by atoms with Crippen LogP contribution in [0.2, 0.25) is 10.0 Å². The Bertz CT molecular complexity index is 1580. The van der Waals surface area contributed by atoms with Crippen LogP contribution in [0.3, 0.4) is 0 Å². The van der Waals surface area contributed by atoms with E-state index in [9.17, 15) is 14.4 Å². The Hall–Kier alpha value is -4.04. The molecule has 4 rings (SSSR count). The minimum atomic E-state index is -0.480. The molecule has 4 aromatic rings. The van der Waals surface area contributed by atoms with Gasteiger partial charge in [-0.15, -0.1) is 11.8 Å². The zero-order valence-electron chi connectivity index (χ0n) is 21.4. The van der Waals surface area contributed by atoms with E-state index < -0.39 is 11.8 Å². The summed E-state index contributed by atoms with van der Waals surface area (Å²) in [6.07, 6.45) is 1.65. The highest BCUT2D eigenvalue weighted by Crippen LogP contribution is 2.26. The van der Waals surface area contributed by atoms with Gasteiger partial charge in [0, 0.05) is 21.8 Å². The van der Waals surface area contributed by atoms with Crippen molar-refractivity contribution in [3.63, 3.8) is 0 Å². The standard InChI is InChI=1S/C31H25Cl2N3O3S/c1-20-8-5-6-11-22(20)16-28(36-30(38)21-9-3-2-4-10-21)31(39)35-23-12-7-13-25(17-23)40-19-29(37)34-24-14-15-26(32)27(33)18-24/h2-18H,19H2,1H3,(H,34,37)(H,35,39)(H,36,38)/b28-16-. The minimum Gasteiger partial charge on any atom is -0.325 e. The van der Waals surface area contributed by atoms with Gasteiger partial charge < -0.3 is 16.0 Å². The average Bonchev–Trinajstić information content (AvgIpc) is 2.95. The number of hydrogen-bond acceptors (Lipinski definition) is 4. The number of rotatable bonds is 9. The Morgan fingerprint density at radius 2 is 1.50 bits per heavy atom. The maximum atomic E-state index is 13.3. The maximum Gasteiger partial charge on any atom is 0.272 e. The van der Waals surface area contributed by atoms with Gasteiger partial charge in [0.15, 0.2) is 0 Å². The number of benzene rings is 4. The lowest BCUT2D eigenvalue weighted by Gasteiger charge is -2.13. The molecular weight excluding hydrogens is 565 g/mol. The van der Waals surface area contributed by atoms with E-state index in [-0.39, 0.29) is 17.4 Å². The molecule has 0 fully saturated rings. The fraction of sp³-hybridized carbons (Fsp3) is 0.0645. The summed E-state index contributed by atoms with van der Waals surface area (Å²) in [6.45, 7) is 1.93. The third-order valence-corrected chi connectivity index (χ3v) is 7.42. The Balaban J connectivity index is 1.45. The van der Waals surface area contributed by atoms with Crippen LogP contribution in [0.4, 0.5) is 11.4 Å². The molecule has 6 nitrogen and oxygen atoms in total. The Kier molecular flexibility index (Phi) is 10.0. The third kappa shape index (κ3) is 8.23. The van der Waals surface area contributed by atoms with Crippen molar-refractivity contribution in [2.75, 3.05) is 16.4 Å². The molecular formula is C31H25Cl2N3O3S. The summed E-state index contributed by atoms with van der Waals surface area (Å²) in [5.41, 5.74) is 3.36. The van der Waals surface area contributed by atoms with Crippen LogP contribution in [-0.2, 0) is 9.59 Å². The van der Waals surface area contributed by atoms with E-state index >= 15 is 0 Å². The molecule has 0 bridgehead atoms. The van der Waals surface area contributed by atoms with Crippen LogP contribution >= 0.6 is 35.0 Å². The summed E-state index contributed by atoms with van der Waals surface area (Å²) in [4.78, 5) is 39.4. The largest absolute Gasteiger partial charge is 0.325 e. The highest BCUT2D eigenvalue weighted by Gasteiger charge is 2.16. The summed E-state index contributed by atoms with van der Waals surface area (Å²) < 4.78 is 0. The second-order valence-corrected chi connectivity index (χ2v) is 10.5. The molecule has 202 valence electrons. The van der Waals surface area contributed by atoms with E-state index in [1.807, 2.05) is 43.3 Å². The predicted molar refractivity (Wildman–Crippen MR) is 164 cm³/mol. The monoisotopic (exact) mass is 589 g/mol. The lowest BCUT2D eigenvalue weighted by atomic mass is 10.1. The molecule has 4 aromatic carbocycles. The number of aryl methyl sites for hydroxylation is 1. The van der Waals surface area contributed by atoms with Crippen LogP contribution in [0.1, 0.15) is 21.5 Å². The molecule has 40 heavy (non-hydrogen) atoms. The van der Waals surface area contributed by atoms with Gasteiger partial charge in [-0.25, -0.2) is 0 Å². The van der Waals surface area contributed by atoms with Crippen molar-refractivity contribution in [1.29, 1.82) is 0 Å². The lowest BCUT2D eigenvalue weighted by Crippen LogP contribution is -2.30. The van der Waals surface area contributed by atoms with Crippen molar-refractivity contribution in [2.24, 2.45) is 0 Å². The first-order chi connectivity index (χ1) is 19.3. The van der Waals surface area contributed by atoms with Crippen LogP contribution in [0.25, 0.3) is 6.08 Å². The zero-order valence-corrected chi connectivity index (χ0v) is 23.7. The first-order valence-electron chi connectivity index (χ1n) is 12.2. The lowest BCUT2D eigenvalue weighted by molar-refractivity contribution is -0.114. The number of carbonyl (C=O) groups excluding carboxylic acids is 3. The molecule has 0 spiro atoms. The van der Waals surface area contributed by atoms with E-state index in [2.05, 4.69) is 16.0 Å². The van der Waals surface area contributed by atoms with Gasteiger partial charge in [-0.3, -0.25) is 14.4 Å². The number of anilines is 2. The van der Waals surface area contributed by atoms with Gasteiger partial charge >= 0.3 is 0 Å². The van der Waals surface area contributed by atoms with Crippen molar-refractivity contribution in [3.05, 3.63) is 129 Å². The van der Waals surface area contributed by atoms with E-state index in [0.717, 1.165) is 16.0 Å². The number of thioether (sulfide) groups is 1. The summed E-state index contributed by atoms with van der Waals surface area (Å²) in [7, 11) is 0. The van der Waals surface area contributed by atoms with Crippen LogP contribution in [-0.4, -0.2) is 23.5 Å². The van der Waals surface area contributed by atoms with Crippen LogP contribution in [0.15, 0.2) is 108 Å². The molecule has 0 heterocycles. The Morgan fingerprint density at radius 1 is 0.775 bits per heavy atom. The number of nitrogens with one attached hydrogen (secondary N) is 3. The average molecular weight is 591 g/mol. The molecule has 0 saturated heterocycles. The minimum absolute atomic E-state index is 0.0993. The first-order valence-corrected chi connectivity index (χ1v) is 14.0. The summed E-state index contributed by atoms with van der Waals surface area (Å²) in [5.74, 6) is -0.951. The molecule has 3 N–H and O–H groups in total. The van der Waals surface area contributed by atoms with Crippen molar-refractivity contribution in [1.82, 2.24) is 5.32 Å². The zero-order chi connectivity index (χ0) is 28.5. The SMILES string of the molecule is Cc1ccccc1/C=C(\NC(=O)c1ccccc1)C(=O)Nc1cccc(SCC(=O)Nc2ccc(Cl)c(Cl)c2)c1. The van der Waals surface area contributed by atoms with Crippen molar-refractivity contribution >= 4 is 70.1 Å². The molecule has 9 heteroatoms. The molecule has 0 saturated carbocycles. The van der Waals surface area contributed by atoms with E-state index in [1.54, 1.807) is 66.7 Å². The summed E-state index contributed by atoms with van der Waals surface area (Å²) in [5, 5.41) is 9.14. The molecule has 0 aromatic heterocycles. The summed E-state index contributed by atoms with van der Waals surface area (Å²) in [6, 6.07) is 28.3. The van der Waals surface area contributed by atoms with E-state index in [1.165, 1.54) is 11.8 Å². The fourth-order valence-electron chi connectivity index (χ4n) is 3.63. The predicted octanol–water partition coefficient (Wildman–Crippen LogP) is 7.44. The summed E-state index contributed by atoms with van der Waals surface area (Å²) >= 11 is 13.2. The quantitative estimate of drug-likeness (QED) is 0.140. The number of amides is 3. The van der Waals surface area contributed by atoms with Crippen molar-refractivity contribution in [3.8, 4) is 0 Å². The number of hydrogen-bond donors (Lipinski definition) is 3. The highest BCUT2D eigenvalue weighted by molar-refractivity contribution is 8.00. The topological polar surface area (TPSA) is 87.3 Å². The molecule has 0 aliphatic carbocycles. The highest BCUT2D eigenvalue weighted by atomic mass is 35.5. The van der Waals surface area contributed by atoms with Gasteiger partial charge in [-0.2, -0.15) is 0 Å². The Labute approximate surface area is 246 Å². The maximum absolute atomic E-state index is 13.3. The molecule has 3 amide bonds.